The summed E-state index contributed by atoms with van der Waals surface area (Å²) in [5, 5.41) is 17.2. The van der Waals surface area contributed by atoms with Gasteiger partial charge in [-0.05, 0) is 41.5 Å². The summed E-state index contributed by atoms with van der Waals surface area (Å²) >= 11 is 0. The largest absolute Gasteiger partial charge is 0.507 e. The predicted molar refractivity (Wildman–Crippen MR) is 132 cm³/mol. The molecule has 7 nitrogen and oxygen atoms in total. The molecule has 2 heterocycles. The minimum Gasteiger partial charge on any atom is -0.507 e. The fourth-order valence-corrected chi connectivity index (χ4v) is 4.24. The molecule has 7 heteroatoms. The number of ether oxygens (including phenoxy) is 1. The van der Waals surface area contributed by atoms with Crippen LogP contribution in [0.4, 0.5) is 5.82 Å². The van der Waals surface area contributed by atoms with Crippen molar-refractivity contribution in [2.75, 3.05) is 11.5 Å². The number of nitrogens with zero attached hydrogens (tertiary/aromatic N) is 2. The highest BCUT2D eigenvalue weighted by Crippen LogP contribution is 2.42. The normalized spacial score (nSPS) is 17.2. The second-order valence-electron chi connectivity index (χ2n) is 8.20. The van der Waals surface area contributed by atoms with Crippen LogP contribution in [0.15, 0.2) is 95.5 Å². The maximum Gasteiger partial charge on any atom is 0.301 e. The van der Waals surface area contributed by atoms with E-state index in [0.717, 1.165) is 10.8 Å². The van der Waals surface area contributed by atoms with Gasteiger partial charge in [0.05, 0.1) is 11.6 Å². The minimum absolute atomic E-state index is 0.0225. The van der Waals surface area contributed by atoms with Gasteiger partial charge in [0.15, 0.2) is 5.82 Å². The molecule has 1 aliphatic heterocycles. The lowest BCUT2D eigenvalue weighted by Crippen LogP contribution is -2.29. The van der Waals surface area contributed by atoms with Crippen LogP contribution in [0, 0.1) is 6.92 Å². The van der Waals surface area contributed by atoms with Gasteiger partial charge in [0.25, 0.3) is 5.78 Å². The highest BCUT2D eigenvalue weighted by molar-refractivity contribution is 6.51. The van der Waals surface area contributed by atoms with Crippen LogP contribution in [-0.2, 0) is 9.59 Å². The minimum atomic E-state index is -0.903. The van der Waals surface area contributed by atoms with Gasteiger partial charge >= 0.3 is 5.91 Å². The maximum absolute atomic E-state index is 13.3. The molecule has 0 radical (unpaired) electrons. The molecule has 0 saturated carbocycles. The molecule has 1 fully saturated rings. The first-order valence-corrected chi connectivity index (χ1v) is 11.0. The average molecular weight is 466 g/mol. The molecule has 1 aliphatic rings. The first kappa shape index (κ1) is 22.2. The first-order chi connectivity index (χ1) is 17.0. The Balaban J connectivity index is 1.66. The number of carbonyl (C=O) groups excluding carboxylic acids is 2. The van der Waals surface area contributed by atoms with Crippen molar-refractivity contribution in [3.05, 3.63) is 108 Å². The predicted octanol–water partition coefficient (Wildman–Crippen LogP) is 5.33. The lowest BCUT2D eigenvalue weighted by Gasteiger charge is -2.23. The molecule has 1 atom stereocenters. The van der Waals surface area contributed by atoms with Crippen LogP contribution in [0.2, 0.25) is 0 Å². The van der Waals surface area contributed by atoms with Gasteiger partial charge in [0.2, 0.25) is 0 Å². The van der Waals surface area contributed by atoms with Crippen LogP contribution in [0.1, 0.15) is 22.9 Å². The van der Waals surface area contributed by atoms with E-state index in [1.165, 1.54) is 4.90 Å². The Morgan fingerprint density at radius 3 is 2.51 bits per heavy atom. The number of aliphatic hydroxyl groups is 1. The summed E-state index contributed by atoms with van der Waals surface area (Å²) in [4.78, 5) is 27.7. The Morgan fingerprint density at radius 1 is 1.09 bits per heavy atom. The zero-order valence-corrected chi connectivity index (χ0v) is 19.0. The number of anilines is 1. The Kier molecular flexibility index (Phi) is 5.66. The van der Waals surface area contributed by atoms with Crippen LogP contribution >= 0.6 is 0 Å². The molecule has 1 aromatic heterocycles. The molecule has 1 amide bonds. The standard InChI is InChI=1S/C28H22N2O5/c1-3-14-34-22-12-10-19(11-13-22)25-24(27(32)28(33)30(25)23-15-17(2)35-29-23)26(31)21-9-8-18-6-4-5-7-20(18)16-21/h3-13,15-16,25,31H,1,14H2,2H3/t25-/m1/s1. The second kappa shape index (κ2) is 8.95. The zero-order valence-electron chi connectivity index (χ0n) is 19.0. The molecule has 0 bridgehead atoms. The van der Waals surface area contributed by atoms with Gasteiger partial charge in [-0.3, -0.25) is 14.5 Å². The summed E-state index contributed by atoms with van der Waals surface area (Å²) in [6.07, 6.45) is 1.64. The number of aliphatic hydroxyl groups excluding tert-OH is 1. The van der Waals surface area contributed by atoms with E-state index in [9.17, 15) is 14.7 Å². The third-order valence-corrected chi connectivity index (χ3v) is 5.89. The lowest BCUT2D eigenvalue weighted by atomic mass is 9.94. The van der Waals surface area contributed by atoms with Crippen molar-refractivity contribution in [1.82, 2.24) is 5.16 Å². The molecule has 5 rings (SSSR count). The van der Waals surface area contributed by atoms with E-state index in [0.29, 0.717) is 29.2 Å². The lowest BCUT2D eigenvalue weighted by molar-refractivity contribution is -0.132. The summed E-state index contributed by atoms with van der Waals surface area (Å²) in [6, 6.07) is 20.7. The van der Waals surface area contributed by atoms with Crippen molar-refractivity contribution < 1.29 is 24.0 Å². The molecule has 0 aliphatic carbocycles. The average Bonchev–Trinajstić information content (AvgIpc) is 3.42. The van der Waals surface area contributed by atoms with Gasteiger partial charge in [0.1, 0.15) is 23.9 Å². The summed E-state index contributed by atoms with van der Waals surface area (Å²) < 4.78 is 10.7. The molecule has 1 N–H and O–H groups in total. The van der Waals surface area contributed by atoms with Crippen LogP contribution in [-0.4, -0.2) is 28.6 Å². The van der Waals surface area contributed by atoms with Crippen LogP contribution in [0.3, 0.4) is 0 Å². The first-order valence-electron chi connectivity index (χ1n) is 11.0. The van der Waals surface area contributed by atoms with Crippen molar-refractivity contribution in [2.24, 2.45) is 0 Å². The Hall–Kier alpha value is -4.65. The number of hydrogen-bond donors (Lipinski definition) is 1. The summed E-state index contributed by atoms with van der Waals surface area (Å²) in [6.45, 7) is 5.68. The molecule has 0 unspecified atom stereocenters. The monoisotopic (exact) mass is 466 g/mol. The van der Waals surface area contributed by atoms with Crippen molar-refractivity contribution in [3.63, 3.8) is 0 Å². The fraction of sp³-hybridized carbons (Fsp3) is 0.107. The van der Waals surface area contributed by atoms with Gasteiger partial charge in [-0.25, -0.2) is 0 Å². The molecule has 4 aromatic rings. The third-order valence-electron chi connectivity index (χ3n) is 5.89. The Labute approximate surface area is 201 Å². The molecule has 174 valence electrons. The number of ketones is 1. The van der Waals surface area contributed by atoms with Crippen molar-refractivity contribution in [2.45, 2.75) is 13.0 Å². The number of hydrogen-bond acceptors (Lipinski definition) is 6. The number of benzene rings is 3. The summed E-state index contributed by atoms with van der Waals surface area (Å²) in [5.74, 6) is -0.556. The number of rotatable bonds is 6. The molecule has 35 heavy (non-hydrogen) atoms. The fourth-order valence-electron chi connectivity index (χ4n) is 4.24. The topological polar surface area (TPSA) is 92.9 Å². The quantitative estimate of drug-likeness (QED) is 0.179. The zero-order chi connectivity index (χ0) is 24.5. The molecular weight excluding hydrogens is 444 g/mol. The van der Waals surface area contributed by atoms with Gasteiger partial charge < -0.3 is 14.4 Å². The van der Waals surface area contributed by atoms with E-state index in [1.54, 1.807) is 55.5 Å². The van der Waals surface area contributed by atoms with E-state index in [-0.39, 0.29) is 17.2 Å². The summed E-state index contributed by atoms with van der Waals surface area (Å²) in [5.41, 5.74) is 1.03. The van der Waals surface area contributed by atoms with Gasteiger partial charge in [-0.1, -0.05) is 66.3 Å². The highest BCUT2D eigenvalue weighted by Gasteiger charge is 2.48. The van der Waals surface area contributed by atoms with Crippen LogP contribution < -0.4 is 9.64 Å². The van der Waals surface area contributed by atoms with E-state index >= 15 is 0 Å². The Bertz CT molecular complexity index is 1480. The van der Waals surface area contributed by atoms with E-state index in [1.807, 2.05) is 30.3 Å². The smallest absolute Gasteiger partial charge is 0.301 e. The van der Waals surface area contributed by atoms with Gasteiger partial charge in [0, 0.05) is 11.6 Å². The maximum atomic E-state index is 13.3. The number of fused-ring (bicyclic) bond motifs is 1. The third kappa shape index (κ3) is 3.97. The summed E-state index contributed by atoms with van der Waals surface area (Å²) in [7, 11) is 0. The number of amides is 1. The second-order valence-corrected chi connectivity index (χ2v) is 8.20. The van der Waals surface area contributed by atoms with Crippen LogP contribution in [0.25, 0.3) is 16.5 Å². The van der Waals surface area contributed by atoms with Gasteiger partial charge in [-0.15, -0.1) is 0 Å². The van der Waals surface area contributed by atoms with Crippen LogP contribution in [0.5, 0.6) is 5.75 Å². The van der Waals surface area contributed by atoms with E-state index < -0.39 is 17.7 Å². The van der Waals surface area contributed by atoms with Crippen molar-refractivity contribution in [1.29, 1.82) is 0 Å². The Morgan fingerprint density at radius 2 is 1.83 bits per heavy atom. The molecule has 3 aromatic carbocycles. The van der Waals surface area contributed by atoms with E-state index in [2.05, 4.69) is 11.7 Å². The molecule has 0 spiro atoms. The molecule has 1 saturated heterocycles. The highest BCUT2D eigenvalue weighted by atomic mass is 16.5. The van der Waals surface area contributed by atoms with Gasteiger partial charge in [-0.2, -0.15) is 0 Å². The number of Topliss-reactive ketones (excluding diaryl/α,β-unsaturated/α-hetero) is 1. The molecular formula is C28H22N2O5. The van der Waals surface area contributed by atoms with Crippen molar-refractivity contribution in [3.8, 4) is 5.75 Å². The van der Waals surface area contributed by atoms with E-state index in [4.69, 9.17) is 9.26 Å². The number of aromatic nitrogens is 1. The van der Waals surface area contributed by atoms with Crippen molar-refractivity contribution >= 4 is 34.0 Å². The number of carbonyl (C=O) groups is 2. The number of aryl methyl sites for hydroxylation is 1. The SMILES string of the molecule is C=CCOc1ccc([C@@H]2C(=C(O)c3ccc4ccccc4c3)C(=O)C(=O)N2c2cc(C)on2)cc1.